The Kier molecular flexibility index (Phi) is 13.2. The van der Waals surface area contributed by atoms with E-state index in [1.54, 1.807) is 0 Å². The van der Waals surface area contributed by atoms with Crippen molar-refractivity contribution in [3.8, 4) is 11.5 Å². The predicted octanol–water partition coefficient (Wildman–Crippen LogP) is 4.50. The van der Waals surface area contributed by atoms with Crippen molar-refractivity contribution in [1.29, 1.82) is 0 Å². The summed E-state index contributed by atoms with van der Waals surface area (Å²) in [5.74, 6) is 3.81. The first-order valence-corrected chi connectivity index (χ1v) is 11.4. The van der Waals surface area contributed by atoms with E-state index in [2.05, 4.69) is 53.0 Å². The quantitative estimate of drug-likeness (QED) is 0.221. The molecule has 5 heteroatoms. The first kappa shape index (κ1) is 22.9. The normalized spacial score (nSPS) is 12.1. The van der Waals surface area contributed by atoms with E-state index >= 15 is 0 Å². The van der Waals surface area contributed by atoms with Crippen molar-refractivity contribution in [2.45, 2.75) is 58.2 Å². The number of rotatable bonds is 12. The molecule has 0 bridgehead atoms. The summed E-state index contributed by atoms with van der Waals surface area (Å²) >= 11 is 5.51. The third-order valence-corrected chi connectivity index (χ3v) is 10.8. The average molecular weight is 363 g/mol. The molecule has 0 fully saturated rings. The number of ether oxygens (including phenoxy) is 3. The average Bonchev–Trinajstić information content (AvgIpc) is 2.47. The molecule has 0 aliphatic carbocycles. The molecular weight excluding hydrogens is 328 g/mol. The Morgan fingerprint density at radius 3 is 1.61 bits per heavy atom. The van der Waals surface area contributed by atoms with Gasteiger partial charge in [-0.3, -0.25) is 0 Å². The van der Waals surface area contributed by atoms with Crippen LogP contribution in [0.4, 0.5) is 0 Å². The Balaban J connectivity index is 4.05. The van der Waals surface area contributed by atoms with Crippen LogP contribution < -0.4 is 0 Å². The topological polar surface area (TPSA) is 27.7 Å². The van der Waals surface area contributed by atoms with Gasteiger partial charge in [0, 0.05) is 5.88 Å². The van der Waals surface area contributed by atoms with E-state index in [1.807, 2.05) is 0 Å². The fourth-order valence-corrected chi connectivity index (χ4v) is 8.59. The maximum Gasteiger partial charge on any atom is 0.146 e. The lowest BCUT2D eigenvalue weighted by atomic mass is 10.5. The van der Waals surface area contributed by atoms with Crippen LogP contribution >= 0.6 is 11.6 Å². The summed E-state index contributed by atoms with van der Waals surface area (Å²) < 4.78 is 16.2. The molecule has 0 aliphatic rings. The van der Waals surface area contributed by atoms with E-state index in [0.717, 1.165) is 0 Å². The Morgan fingerprint density at radius 1 is 0.739 bits per heavy atom. The van der Waals surface area contributed by atoms with Gasteiger partial charge < -0.3 is 14.2 Å². The summed E-state index contributed by atoms with van der Waals surface area (Å²) in [6.07, 6.45) is 0. The van der Waals surface area contributed by atoms with Gasteiger partial charge in [-0.25, -0.2) is 0 Å². The van der Waals surface area contributed by atoms with E-state index in [-0.39, 0.29) is 0 Å². The van der Waals surface area contributed by atoms with Crippen LogP contribution in [0, 0.1) is 11.5 Å². The molecule has 0 saturated carbocycles. The van der Waals surface area contributed by atoms with Crippen molar-refractivity contribution < 1.29 is 14.2 Å². The smallest absolute Gasteiger partial charge is 0.146 e. The van der Waals surface area contributed by atoms with E-state index in [1.165, 1.54) is 0 Å². The van der Waals surface area contributed by atoms with Gasteiger partial charge in [0.25, 0.3) is 0 Å². The largest absolute Gasteiger partial charge is 0.378 e. The van der Waals surface area contributed by atoms with Crippen LogP contribution in [0.2, 0.25) is 16.6 Å². The first-order valence-electron chi connectivity index (χ1n) is 8.68. The van der Waals surface area contributed by atoms with Gasteiger partial charge in [0.2, 0.25) is 0 Å². The van der Waals surface area contributed by atoms with E-state index in [4.69, 9.17) is 25.8 Å². The summed E-state index contributed by atoms with van der Waals surface area (Å²) in [6, 6.07) is 0. The van der Waals surface area contributed by atoms with Crippen LogP contribution in [-0.4, -0.2) is 53.6 Å². The van der Waals surface area contributed by atoms with Crippen LogP contribution in [-0.2, 0) is 14.2 Å². The highest BCUT2D eigenvalue weighted by atomic mass is 35.5. The highest BCUT2D eigenvalue weighted by Gasteiger charge is 2.41. The second-order valence-corrected chi connectivity index (χ2v) is 12.6. The van der Waals surface area contributed by atoms with E-state index in [9.17, 15) is 0 Å². The molecule has 0 atom stereocenters. The van der Waals surface area contributed by atoms with Crippen molar-refractivity contribution in [3.05, 3.63) is 0 Å². The van der Waals surface area contributed by atoms with Crippen LogP contribution in [0.15, 0.2) is 0 Å². The maximum absolute atomic E-state index is 5.56. The summed E-state index contributed by atoms with van der Waals surface area (Å²) in [4.78, 5) is 0. The van der Waals surface area contributed by atoms with E-state index in [0.29, 0.717) is 62.1 Å². The molecule has 0 spiro atoms. The molecule has 0 saturated heterocycles. The van der Waals surface area contributed by atoms with Gasteiger partial charge in [0.15, 0.2) is 0 Å². The molecule has 0 amide bonds. The summed E-state index contributed by atoms with van der Waals surface area (Å²) in [5.41, 5.74) is 5.62. The lowest BCUT2D eigenvalue weighted by Gasteiger charge is -2.38. The zero-order valence-electron chi connectivity index (χ0n) is 15.8. The highest BCUT2D eigenvalue weighted by molar-refractivity contribution is 6.90. The molecule has 0 aromatic carbocycles. The van der Waals surface area contributed by atoms with Gasteiger partial charge in [-0.05, 0) is 16.6 Å². The third kappa shape index (κ3) is 8.56. The van der Waals surface area contributed by atoms with Crippen molar-refractivity contribution in [2.75, 3.05) is 45.5 Å². The Hall–Kier alpha value is -0.0531. The molecule has 3 nitrogen and oxygen atoms in total. The maximum atomic E-state index is 5.56. The van der Waals surface area contributed by atoms with Crippen LogP contribution in [0.25, 0.3) is 0 Å². The summed E-state index contributed by atoms with van der Waals surface area (Å²) in [7, 11) is -1.62. The van der Waals surface area contributed by atoms with Crippen molar-refractivity contribution in [3.63, 3.8) is 0 Å². The molecule has 0 heterocycles. The number of hydrogen-bond donors (Lipinski definition) is 0. The summed E-state index contributed by atoms with van der Waals surface area (Å²) in [6.45, 7) is 17.3. The van der Waals surface area contributed by atoms with Crippen molar-refractivity contribution in [1.82, 2.24) is 0 Å². The zero-order valence-corrected chi connectivity index (χ0v) is 17.5. The standard InChI is InChI=1S/C18H35ClO3Si/c1-16(2)23(17(3)4,18(5)6)15-7-9-20-11-13-22-14-12-21-10-8-19/h16-18H,8-14H2,1-6H3. The fourth-order valence-electron chi connectivity index (χ4n) is 3.24. The van der Waals surface area contributed by atoms with Crippen molar-refractivity contribution in [2.24, 2.45) is 0 Å². The molecule has 136 valence electrons. The second-order valence-electron chi connectivity index (χ2n) is 6.67. The SMILES string of the molecule is CC(C)[Si](C#CCOCCOCCOCCCl)(C(C)C)C(C)C. The molecule has 23 heavy (non-hydrogen) atoms. The minimum Gasteiger partial charge on any atom is -0.378 e. The molecule has 0 radical (unpaired) electrons. The number of alkyl halides is 1. The van der Waals surface area contributed by atoms with Crippen LogP contribution in [0.5, 0.6) is 0 Å². The molecule has 0 aromatic heterocycles. The van der Waals surface area contributed by atoms with Gasteiger partial charge in [-0.15, -0.1) is 17.1 Å². The number of halogens is 1. The summed E-state index contributed by atoms with van der Waals surface area (Å²) in [5, 5.41) is 0. The Labute approximate surface area is 149 Å². The van der Waals surface area contributed by atoms with Gasteiger partial charge in [0.05, 0.1) is 33.0 Å². The zero-order chi connectivity index (χ0) is 17.7. The number of hydrogen-bond acceptors (Lipinski definition) is 3. The van der Waals surface area contributed by atoms with Crippen LogP contribution in [0.1, 0.15) is 41.5 Å². The van der Waals surface area contributed by atoms with E-state index < -0.39 is 8.07 Å². The third-order valence-electron chi connectivity index (χ3n) is 4.31. The Morgan fingerprint density at radius 2 is 1.17 bits per heavy atom. The lowest BCUT2D eigenvalue weighted by Crippen LogP contribution is -2.43. The lowest BCUT2D eigenvalue weighted by molar-refractivity contribution is 0.0235. The molecule has 0 aromatic rings. The molecule has 0 unspecified atom stereocenters. The minimum absolute atomic E-state index is 0.493. The molecule has 0 N–H and O–H groups in total. The molecule has 0 rings (SSSR count). The van der Waals surface area contributed by atoms with Crippen molar-refractivity contribution >= 4 is 19.7 Å². The minimum atomic E-state index is -1.62. The van der Waals surface area contributed by atoms with Gasteiger partial charge in [-0.1, -0.05) is 47.5 Å². The Bertz CT molecular complexity index is 326. The van der Waals surface area contributed by atoms with Gasteiger partial charge >= 0.3 is 0 Å². The van der Waals surface area contributed by atoms with Crippen LogP contribution in [0.3, 0.4) is 0 Å². The monoisotopic (exact) mass is 362 g/mol. The first-order chi connectivity index (χ1) is 10.9. The molecule has 0 aliphatic heterocycles. The molecular formula is C18H35ClO3Si. The van der Waals surface area contributed by atoms with Gasteiger partial charge in [0.1, 0.15) is 14.7 Å². The van der Waals surface area contributed by atoms with Gasteiger partial charge in [-0.2, -0.15) is 0 Å². The second kappa shape index (κ2) is 13.3. The predicted molar refractivity (Wildman–Crippen MR) is 102 cm³/mol. The highest BCUT2D eigenvalue weighted by Crippen LogP contribution is 2.40. The fraction of sp³-hybridized carbons (Fsp3) is 0.889.